The molecule has 0 saturated heterocycles. The molecule has 19 unspecified atom stereocenters. The number of rotatable bonds is 105. The molecule has 0 bridgehead atoms. The van der Waals surface area contributed by atoms with Crippen LogP contribution in [0.4, 0.5) is 0 Å². The lowest BCUT2D eigenvalue weighted by Crippen LogP contribution is -2.39. The molecule has 0 radical (unpaired) electrons. The third-order valence-electron chi connectivity index (χ3n) is 18.8. The van der Waals surface area contributed by atoms with Crippen molar-refractivity contribution in [3.8, 4) is 0 Å². The van der Waals surface area contributed by atoms with Crippen LogP contribution >= 0.6 is 12.6 Å². The van der Waals surface area contributed by atoms with Gasteiger partial charge in [-0.3, -0.25) is 0 Å². The quantitative estimate of drug-likeness (QED) is 0.0641. The lowest BCUT2D eigenvalue weighted by Gasteiger charge is -2.28. The summed E-state index contributed by atoms with van der Waals surface area (Å²) in [6, 6.07) is 0. The summed E-state index contributed by atoms with van der Waals surface area (Å²) in [6.45, 7) is 8.12. The average molecular weight is 1880 g/mol. The number of thiol groups is 1. The Labute approximate surface area is 766 Å². The van der Waals surface area contributed by atoms with Crippen molar-refractivity contribution in [1.29, 1.82) is 0 Å². The Bertz CT molecular complexity index is 2150. The molecule has 0 aliphatic heterocycles. The SMILES string of the molecule is COCC(O)COC(COC)COC(COC)COC(COC)COC(COC)COC(COC)COC(COC)COC(COC)COC(COC)COC(COC)COC(COC)COC(COC)COC(COC)COC(COC)COC(COC)COC(COC)COC(COC)COC(COC)COC(COC)COCCCCCCCCCCCS. The molecule has 39 nitrogen and oxygen atoms in total. The summed E-state index contributed by atoms with van der Waals surface area (Å²) in [5.41, 5.74) is 0. The van der Waals surface area contributed by atoms with Gasteiger partial charge in [0.1, 0.15) is 116 Å². The lowest BCUT2D eigenvalue weighted by atomic mass is 10.1. The average Bonchev–Trinajstić information content (AvgIpc) is 0.925. The summed E-state index contributed by atoms with van der Waals surface area (Å²) in [5.74, 6) is 0.974. The van der Waals surface area contributed by atoms with Gasteiger partial charge in [-0.1, -0.05) is 44.9 Å². The first kappa shape index (κ1) is 126. The molecule has 0 spiro atoms. The second-order valence-corrected chi connectivity index (χ2v) is 30.9. The maximum absolute atomic E-state index is 10.1. The van der Waals surface area contributed by atoms with E-state index >= 15 is 0 Å². The number of hydrogen-bond acceptors (Lipinski definition) is 40. The summed E-state index contributed by atoms with van der Waals surface area (Å²) < 4.78 is 224. The van der Waals surface area contributed by atoms with E-state index in [1.165, 1.54) is 52.1 Å². The van der Waals surface area contributed by atoms with Crippen molar-refractivity contribution in [1.82, 2.24) is 0 Å². The topological polar surface area (TPSA) is 371 Å². The van der Waals surface area contributed by atoms with Crippen LogP contribution in [0.2, 0.25) is 0 Å². The second-order valence-electron chi connectivity index (χ2n) is 30.5. The maximum atomic E-state index is 10.1. The summed E-state index contributed by atoms with van der Waals surface area (Å²) in [5, 5.41) is 10.1. The fraction of sp³-hybridized carbons (Fsp3) is 1.00. The minimum Gasteiger partial charge on any atom is -0.388 e. The van der Waals surface area contributed by atoms with Gasteiger partial charge in [0, 0.05) is 142 Å². The second kappa shape index (κ2) is 93.8. The van der Waals surface area contributed by atoms with Gasteiger partial charge in [0.25, 0.3) is 0 Å². The van der Waals surface area contributed by atoms with Crippen molar-refractivity contribution in [2.75, 3.05) is 399 Å². The first-order valence-electron chi connectivity index (χ1n) is 44.3. The van der Waals surface area contributed by atoms with Crippen molar-refractivity contribution in [2.45, 2.75) is 174 Å². The number of unbranched alkanes of at least 4 members (excludes halogenated alkanes) is 8. The van der Waals surface area contributed by atoms with Gasteiger partial charge >= 0.3 is 0 Å². The van der Waals surface area contributed by atoms with E-state index in [0.29, 0.717) is 26.4 Å². The van der Waals surface area contributed by atoms with Crippen LogP contribution in [0.1, 0.15) is 57.8 Å². The molecule has 0 aliphatic rings. The van der Waals surface area contributed by atoms with Crippen molar-refractivity contribution < 1.29 is 185 Å². The van der Waals surface area contributed by atoms with Gasteiger partial charge < -0.3 is 185 Å². The molecule has 0 aliphatic carbocycles. The Morgan fingerprint density at radius 2 is 0.260 bits per heavy atom. The zero-order chi connectivity index (χ0) is 93.5. The van der Waals surface area contributed by atoms with Crippen molar-refractivity contribution >= 4 is 12.6 Å². The summed E-state index contributed by atoms with van der Waals surface area (Å²) in [7, 11) is 30.1. The van der Waals surface area contributed by atoms with E-state index in [9.17, 15) is 5.11 Å². The monoisotopic (exact) mass is 1880 g/mol. The van der Waals surface area contributed by atoms with Crippen LogP contribution in [0.15, 0.2) is 0 Å². The highest BCUT2D eigenvalue weighted by Gasteiger charge is 2.29. The molecular weight excluding hydrogens is 1700 g/mol. The van der Waals surface area contributed by atoms with E-state index in [1.807, 2.05) is 0 Å². The number of ether oxygens (including phenoxy) is 38. The fourth-order valence-electron chi connectivity index (χ4n) is 12.3. The number of methoxy groups -OCH3 is 19. The van der Waals surface area contributed by atoms with E-state index < -0.39 is 104 Å². The molecule has 40 heteroatoms. The van der Waals surface area contributed by atoms with Crippen molar-refractivity contribution in [2.24, 2.45) is 0 Å². The van der Waals surface area contributed by atoms with E-state index in [1.54, 1.807) is 128 Å². The molecule has 0 aromatic carbocycles. The Hall–Kier alpha value is -1.21. The zero-order valence-corrected chi connectivity index (χ0v) is 81.9. The maximum Gasteiger partial charge on any atom is 0.104 e. The Balaban J connectivity index is 5.63. The lowest BCUT2D eigenvalue weighted by molar-refractivity contribution is -0.159. The van der Waals surface area contributed by atoms with E-state index in [2.05, 4.69) is 12.6 Å². The van der Waals surface area contributed by atoms with Crippen molar-refractivity contribution in [3.63, 3.8) is 0 Å². The number of hydrogen-bond donors (Lipinski definition) is 2. The van der Waals surface area contributed by atoms with Crippen LogP contribution in [-0.2, 0) is 180 Å². The predicted molar refractivity (Wildman–Crippen MR) is 473 cm³/mol. The van der Waals surface area contributed by atoms with Crippen LogP contribution in [0.5, 0.6) is 0 Å². The van der Waals surface area contributed by atoms with Crippen LogP contribution in [0, 0.1) is 0 Å². The number of aliphatic hydroxyl groups excluding tert-OH is 1. The third kappa shape index (κ3) is 73.7. The van der Waals surface area contributed by atoms with Crippen molar-refractivity contribution in [3.05, 3.63) is 0 Å². The Morgan fingerprint density at radius 1 is 0.142 bits per heavy atom. The van der Waals surface area contributed by atoms with Crippen LogP contribution < -0.4 is 0 Å². The molecule has 19 atom stereocenters. The minimum absolute atomic E-state index is 0.0542. The minimum atomic E-state index is -0.790. The standard InChI is InChI=1S/C87H176O39S/c1-89-31-69(88)32-109-71(34-91-3)52-111-73(36-93-5)54-113-75(38-95-7)56-115-77(40-97-9)58-117-79(42-99-11)60-119-81(44-101-13)62-121-83(46-103-15)64-123-85(48-105-17)66-125-87(50-107-19)68-126-86(49-106-18)67-124-84(47-104-16)65-122-82(45-102-14)63-120-80(43-100-12)61-118-78(41-98-10)59-116-76(39-96-8)57-114-74(37-94-6)55-112-72(35-92-4)53-110-70(33-90-2)51-108-29-27-25-23-21-20-22-24-26-28-30-127/h69-88,127H,20-68H2,1-19H3. The molecule has 0 heterocycles. The molecule has 0 fully saturated rings. The zero-order valence-electron chi connectivity index (χ0n) is 81.0. The first-order chi connectivity index (χ1) is 62.1. The molecule has 127 heavy (non-hydrogen) atoms. The highest BCUT2D eigenvalue weighted by Crippen LogP contribution is 2.17. The van der Waals surface area contributed by atoms with E-state index in [0.717, 1.165) is 18.6 Å². The van der Waals surface area contributed by atoms with Crippen LogP contribution in [-0.4, -0.2) is 520 Å². The van der Waals surface area contributed by atoms with E-state index in [4.69, 9.17) is 180 Å². The molecule has 0 aromatic rings. The third-order valence-corrected chi connectivity index (χ3v) is 19.1. The summed E-state index contributed by atoms with van der Waals surface area (Å²) in [6.07, 6.45) is 1.62. The summed E-state index contributed by atoms with van der Waals surface area (Å²) >= 11 is 4.31. The molecule has 0 aromatic heterocycles. The number of aliphatic hydroxyl groups is 1. The molecule has 0 saturated carbocycles. The molecule has 0 rings (SSSR count). The molecule has 1 N–H and O–H groups in total. The predicted octanol–water partition coefficient (Wildman–Crippen LogP) is 4.02. The van der Waals surface area contributed by atoms with Gasteiger partial charge in [0.2, 0.25) is 0 Å². The highest BCUT2D eigenvalue weighted by atomic mass is 32.1. The van der Waals surface area contributed by atoms with Crippen LogP contribution in [0.3, 0.4) is 0 Å². The molecule has 0 amide bonds. The molecule has 764 valence electrons. The Kier molecular flexibility index (Phi) is 92.9. The van der Waals surface area contributed by atoms with Gasteiger partial charge in [-0.25, -0.2) is 0 Å². The van der Waals surface area contributed by atoms with Gasteiger partial charge in [-0.2, -0.15) is 12.6 Å². The van der Waals surface area contributed by atoms with Gasteiger partial charge in [-0.05, 0) is 18.6 Å². The Morgan fingerprint density at radius 3 is 0.394 bits per heavy atom. The first-order valence-corrected chi connectivity index (χ1v) is 45.0. The fourth-order valence-corrected chi connectivity index (χ4v) is 12.6. The van der Waals surface area contributed by atoms with Crippen LogP contribution in [0.25, 0.3) is 0 Å². The summed E-state index contributed by atoms with van der Waals surface area (Å²) in [4.78, 5) is 0. The van der Waals surface area contributed by atoms with Gasteiger partial charge in [0.05, 0.1) is 251 Å². The smallest absolute Gasteiger partial charge is 0.104 e. The largest absolute Gasteiger partial charge is 0.388 e. The van der Waals surface area contributed by atoms with Gasteiger partial charge in [0.15, 0.2) is 0 Å². The van der Waals surface area contributed by atoms with Gasteiger partial charge in [-0.15, -0.1) is 0 Å². The van der Waals surface area contributed by atoms with E-state index in [-0.39, 0.29) is 243 Å². The molecular formula is C87H176O39S. The normalized spacial score (nSPS) is 16.8. The highest BCUT2D eigenvalue weighted by molar-refractivity contribution is 7.80.